The third kappa shape index (κ3) is 7.89. The maximum Gasteiger partial charge on any atom is 0.266 e. The molecule has 10 heteroatoms. The van der Waals surface area contributed by atoms with E-state index in [0.717, 1.165) is 5.56 Å². The lowest BCUT2D eigenvalue weighted by atomic mass is 10.1. The predicted molar refractivity (Wildman–Crippen MR) is 147 cm³/mol. The smallest absolute Gasteiger partial charge is 0.266 e. The second-order valence-electron chi connectivity index (χ2n) is 7.72. The van der Waals surface area contributed by atoms with Gasteiger partial charge in [0.2, 0.25) is 0 Å². The Bertz CT molecular complexity index is 1400. The molecule has 3 aromatic carbocycles. The number of rotatable bonds is 9. The molecule has 0 aliphatic carbocycles. The number of nitriles is 1. The Morgan fingerprint density at radius 3 is 2.38 bits per heavy atom. The second-order valence-corrected chi connectivity index (χ2v) is 8.94. The third-order valence-corrected chi connectivity index (χ3v) is 5.85. The van der Waals surface area contributed by atoms with Crippen LogP contribution >= 0.6 is 34.8 Å². The first-order valence-electron chi connectivity index (χ1n) is 11.0. The zero-order valence-corrected chi connectivity index (χ0v) is 22.2. The Balaban J connectivity index is 1.77. The highest BCUT2D eigenvalue weighted by atomic mass is 35.5. The van der Waals surface area contributed by atoms with Crippen molar-refractivity contribution in [2.75, 3.05) is 23.8 Å². The van der Waals surface area contributed by atoms with Crippen molar-refractivity contribution in [2.45, 2.75) is 13.8 Å². The van der Waals surface area contributed by atoms with Crippen molar-refractivity contribution >= 4 is 64.1 Å². The van der Waals surface area contributed by atoms with E-state index in [1.54, 1.807) is 43.3 Å². The molecule has 2 N–H and O–H groups in total. The molecule has 0 heterocycles. The van der Waals surface area contributed by atoms with E-state index >= 15 is 0 Å². The zero-order valence-electron chi connectivity index (χ0n) is 19.9. The molecule has 0 unspecified atom stereocenters. The monoisotopic (exact) mass is 557 g/mol. The molecule has 0 saturated carbocycles. The first-order chi connectivity index (χ1) is 17.7. The molecule has 0 radical (unpaired) electrons. The van der Waals surface area contributed by atoms with Gasteiger partial charge in [0.25, 0.3) is 11.8 Å². The van der Waals surface area contributed by atoms with Crippen LogP contribution in [0.3, 0.4) is 0 Å². The summed E-state index contributed by atoms with van der Waals surface area (Å²) in [6.45, 7) is 3.59. The first-order valence-corrected chi connectivity index (χ1v) is 12.2. The van der Waals surface area contributed by atoms with Crippen molar-refractivity contribution in [3.05, 3.63) is 86.4 Å². The molecular weight excluding hydrogens is 537 g/mol. The van der Waals surface area contributed by atoms with Gasteiger partial charge in [0.1, 0.15) is 11.6 Å². The summed E-state index contributed by atoms with van der Waals surface area (Å²) in [4.78, 5) is 25.0. The normalized spacial score (nSPS) is 10.9. The van der Waals surface area contributed by atoms with Crippen LogP contribution in [0.5, 0.6) is 11.5 Å². The average molecular weight is 559 g/mol. The number of hydrogen-bond donors (Lipinski definition) is 2. The van der Waals surface area contributed by atoms with Crippen LogP contribution in [-0.2, 0) is 9.59 Å². The highest BCUT2D eigenvalue weighted by Crippen LogP contribution is 2.37. The largest absolute Gasteiger partial charge is 0.490 e. The van der Waals surface area contributed by atoms with Gasteiger partial charge in [-0.3, -0.25) is 9.59 Å². The van der Waals surface area contributed by atoms with Crippen LogP contribution in [0, 0.1) is 18.3 Å². The number of carbonyl (C=O) groups excluding carboxylic acids is 2. The summed E-state index contributed by atoms with van der Waals surface area (Å²) in [5.41, 5.74) is 2.30. The lowest BCUT2D eigenvalue weighted by Crippen LogP contribution is -2.20. The van der Waals surface area contributed by atoms with Gasteiger partial charge in [-0.15, -0.1) is 0 Å². The Kier molecular flexibility index (Phi) is 9.81. The summed E-state index contributed by atoms with van der Waals surface area (Å²) in [5.74, 6) is -0.630. The lowest BCUT2D eigenvalue weighted by molar-refractivity contribution is -0.118. The molecule has 7 nitrogen and oxygen atoms in total. The Morgan fingerprint density at radius 1 is 0.946 bits per heavy atom. The molecule has 3 aromatic rings. The fraction of sp³-hybridized carbons (Fsp3) is 0.148. The standard InChI is InChI=1S/C27H22Cl3N3O4/c1-3-36-24-12-17(10-18(14-31)27(35)33-19-6-4-5-16(2)9-19)11-23(30)26(24)37-15-25(34)32-20-7-8-21(28)22(29)13-20/h4-13H,3,15H2,1-2H3,(H,32,34)(H,33,35)/b18-10+. The lowest BCUT2D eigenvalue weighted by Gasteiger charge is -2.15. The van der Waals surface area contributed by atoms with Crippen LogP contribution in [0.15, 0.2) is 60.2 Å². The summed E-state index contributed by atoms with van der Waals surface area (Å²) in [5, 5.41) is 15.7. The molecule has 0 aliphatic heterocycles. The van der Waals surface area contributed by atoms with Gasteiger partial charge in [-0.2, -0.15) is 5.26 Å². The molecule has 0 saturated heterocycles. The van der Waals surface area contributed by atoms with E-state index in [9.17, 15) is 14.9 Å². The first kappa shape index (κ1) is 27.9. The fourth-order valence-corrected chi connectivity index (χ4v) is 3.79. The summed E-state index contributed by atoms with van der Waals surface area (Å²) < 4.78 is 11.3. The quantitative estimate of drug-likeness (QED) is 0.219. The number of benzene rings is 3. The van der Waals surface area contributed by atoms with Gasteiger partial charge in [0.05, 0.1) is 21.7 Å². The van der Waals surface area contributed by atoms with Crippen molar-refractivity contribution in [3.8, 4) is 17.6 Å². The molecule has 0 aliphatic rings. The summed E-state index contributed by atoms with van der Waals surface area (Å²) in [7, 11) is 0. The predicted octanol–water partition coefficient (Wildman–Crippen LogP) is 6.92. The Morgan fingerprint density at radius 2 is 1.70 bits per heavy atom. The van der Waals surface area contributed by atoms with Crippen LogP contribution in [0.4, 0.5) is 11.4 Å². The Hall–Kier alpha value is -3.70. The highest BCUT2D eigenvalue weighted by Gasteiger charge is 2.16. The topological polar surface area (TPSA) is 100 Å². The number of hydrogen-bond acceptors (Lipinski definition) is 5. The van der Waals surface area contributed by atoms with Crippen molar-refractivity contribution in [1.29, 1.82) is 5.26 Å². The number of aryl methyl sites for hydroxylation is 1. The van der Waals surface area contributed by atoms with E-state index in [4.69, 9.17) is 44.3 Å². The van der Waals surface area contributed by atoms with Gasteiger partial charge < -0.3 is 20.1 Å². The van der Waals surface area contributed by atoms with Crippen LogP contribution < -0.4 is 20.1 Å². The number of carbonyl (C=O) groups is 2. The Labute approximate surface area is 229 Å². The number of halogens is 3. The van der Waals surface area contributed by atoms with Crippen molar-refractivity contribution in [1.82, 2.24) is 0 Å². The van der Waals surface area contributed by atoms with Gasteiger partial charge in [0.15, 0.2) is 18.1 Å². The molecule has 3 rings (SSSR count). The molecule has 0 spiro atoms. The van der Waals surface area contributed by atoms with E-state index in [0.29, 0.717) is 27.0 Å². The van der Waals surface area contributed by atoms with E-state index in [1.165, 1.54) is 18.2 Å². The maximum absolute atomic E-state index is 12.6. The van der Waals surface area contributed by atoms with Crippen molar-refractivity contribution < 1.29 is 19.1 Å². The number of ether oxygens (including phenoxy) is 2. The van der Waals surface area contributed by atoms with Crippen LogP contribution in [0.25, 0.3) is 6.08 Å². The van der Waals surface area contributed by atoms with E-state index < -0.39 is 11.8 Å². The van der Waals surface area contributed by atoms with Crippen LogP contribution in [0.1, 0.15) is 18.1 Å². The van der Waals surface area contributed by atoms with Gasteiger partial charge in [-0.1, -0.05) is 46.9 Å². The molecule has 0 aromatic heterocycles. The number of anilines is 2. The summed E-state index contributed by atoms with van der Waals surface area (Å²) >= 11 is 18.3. The minimum absolute atomic E-state index is 0.130. The average Bonchev–Trinajstić information content (AvgIpc) is 2.84. The van der Waals surface area contributed by atoms with Crippen molar-refractivity contribution in [2.24, 2.45) is 0 Å². The van der Waals surface area contributed by atoms with Crippen molar-refractivity contribution in [3.63, 3.8) is 0 Å². The van der Waals surface area contributed by atoms with Gasteiger partial charge in [-0.25, -0.2) is 0 Å². The third-order valence-electron chi connectivity index (χ3n) is 4.83. The summed E-state index contributed by atoms with van der Waals surface area (Å²) in [6, 6.07) is 16.9. The molecule has 2 amide bonds. The molecule has 190 valence electrons. The van der Waals surface area contributed by atoms with Gasteiger partial charge in [0, 0.05) is 11.4 Å². The second kappa shape index (κ2) is 13.0. The highest BCUT2D eigenvalue weighted by molar-refractivity contribution is 6.42. The molecule has 0 fully saturated rings. The summed E-state index contributed by atoms with van der Waals surface area (Å²) in [6.07, 6.45) is 1.39. The SMILES string of the molecule is CCOc1cc(/C=C(\C#N)C(=O)Nc2cccc(C)c2)cc(Cl)c1OCC(=O)Nc1ccc(Cl)c(Cl)c1. The number of nitrogens with one attached hydrogen (secondary N) is 2. The molecule has 0 atom stereocenters. The van der Waals surface area contributed by atoms with E-state index in [-0.39, 0.29) is 35.3 Å². The van der Waals surface area contributed by atoms with E-state index in [2.05, 4.69) is 10.6 Å². The number of amides is 2. The number of nitrogens with zero attached hydrogens (tertiary/aromatic N) is 1. The van der Waals surface area contributed by atoms with Gasteiger partial charge >= 0.3 is 0 Å². The van der Waals surface area contributed by atoms with Crippen LogP contribution in [0.2, 0.25) is 15.1 Å². The molecular formula is C27H22Cl3N3O4. The van der Waals surface area contributed by atoms with Crippen LogP contribution in [-0.4, -0.2) is 25.0 Å². The minimum Gasteiger partial charge on any atom is -0.490 e. The minimum atomic E-state index is -0.568. The molecule has 0 bridgehead atoms. The zero-order chi connectivity index (χ0) is 26.9. The fourth-order valence-electron chi connectivity index (χ4n) is 3.22. The van der Waals surface area contributed by atoms with E-state index in [1.807, 2.05) is 19.1 Å². The maximum atomic E-state index is 12.6. The molecule has 37 heavy (non-hydrogen) atoms. The van der Waals surface area contributed by atoms with Gasteiger partial charge in [-0.05, 0) is 73.5 Å².